The number of nitrogens with zero attached hydrogens (tertiary/aromatic N) is 2. The third kappa shape index (κ3) is 3.99. The highest BCUT2D eigenvalue weighted by atomic mass is 19.1. The highest BCUT2D eigenvalue weighted by molar-refractivity contribution is 5.73. The van der Waals surface area contributed by atoms with Crippen LogP contribution in [0.15, 0.2) is 48.5 Å². The summed E-state index contributed by atoms with van der Waals surface area (Å²) in [4.78, 5) is 24.9. The van der Waals surface area contributed by atoms with Crippen LogP contribution in [0, 0.1) is 21.8 Å². The molecular weight excluding hydrogens is 339 g/mol. The first-order valence-electron chi connectivity index (χ1n) is 8.44. The van der Waals surface area contributed by atoms with E-state index < -0.39 is 10.7 Å². The smallest absolute Gasteiger partial charge is 0.309 e. The van der Waals surface area contributed by atoms with Gasteiger partial charge in [0.25, 0.3) is 5.69 Å². The normalized spacial score (nSPS) is 14.9. The predicted molar refractivity (Wildman–Crippen MR) is 94.2 cm³/mol. The average Bonchev–Trinajstić information content (AvgIpc) is 2.67. The van der Waals surface area contributed by atoms with Crippen molar-refractivity contribution in [3.8, 4) is 0 Å². The van der Waals surface area contributed by atoms with Crippen LogP contribution in [-0.2, 0) is 16.1 Å². The van der Waals surface area contributed by atoms with Gasteiger partial charge >= 0.3 is 5.97 Å². The number of piperidine rings is 1. The third-order valence-corrected chi connectivity index (χ3v) is 4.58. The van der Waals surface area contributed by atoms with Gasteiger partial charge in [-0.3, -0.25) is 14.9 Å². The molecule has 2 aromatic carbocycles. The van der Waals surface area contributed by atoms with Crippen molar-refractivity contribution < 1.29 is 18.8 Å². The summed E-state index contributed by atoms with van der Waals surface area (Å²) in [7, 11) is 0. The number of hydrogen-bond acceptors (Lipinski definition) is 5. The Balaban J connectivity index is 1.56. The summed E-state index contributed by atoms with van der Waals surface area (Å²) in [5.41, 5.74) is 0.974. The SMILES string of the molecule is O=C(OCc1ccccc1F)C1CCN(c2ccccc2[N+](=O)[O-])CC1. The fraction of sp³-hybridized carbons (Fsp3) is 0.316. The van der Waals surface area contributed by atoms with Crippen molar-refractivity contribution in [2.75, 3.05) is 18.0 Å². The number of benzene rings is 2. The topological polar surface area (TPSA) is 72.7 Å². The van der Waals surface area contributed by atoms with Crippen LogP contribution in [0.4, 0.5) is 15.8 Å². The zero-order valence-electron chi connectivity index (χ0n) is 14.1. The molecule has 0 bridgehead atoms. The Morgan fingerprint density at radius 3 is 2.50 bits per heavy atom. The highest BCUT2D eigenvalue weighted by Gasteiger charge is 2.29. The minimum atomic E-state index is -0.399. The molecule has 1 aliphatic heterocycles. The number of para-hydroxylation sites is 2. The molecule has 136 valence electrons. The summed E-state index contributed by atoms with van der Waals surface area (Å²) in [5.74, 6) is -1.03. The molecule has 6 nitrogen and oxygen atoms in total. The van der Waals surface area contributed by atoms with Crippen molar-refractivity contribution in [2.45, 2.75) is 19.4 Å². The maximum atomic E-state index is 13.6. The van der Waals surface area contributed by atoms with E-state index in [-0.39, 0.29) is 24.2 Å². The first kappa shape index (κ1) is 17.8. The van der Waals surface area contributed by atoms with E-state index >= 15 is 0 Å². The maximum Gasteiger partial charge on any atom is 0.309 e. The molecule has 7 heteroatoms. The van der Waals surface area contributed by atoms with Gasteiger partial charge in [0.05, 0.1) is 10.8 Å². The minimum Gasteiger partial charge on any atom is -0.460 e. The summed E-state index contributed by atoms with van der Waals surface area (Å²) >= 11 is 0. The van der Waals surface area contributed by atoms with E-state index in [0.717, 1.165) is 0 Å². The Kier molecular flexibility index (Phi) is 5.46. The lowest BCUT2D eigenvalue weighted by atomic mass is 9.96. The molecule has 0 atom stereocenters. The maximum absolute atomic E-state index is 13.6. The van der Waals surface area contributed by atoms with Gasteiger partial charge in [0.1, 0.15) is 18.1 Å². The molecule has 1 saturated heterocycles. The van der Waals surface area contributed by atoms with Gasteiger partial charge in [-0.05, 0) is 25.0 Å². The lowest BCUT2D eigenvalue weighted by Crippen LogP contribution is -2.37. The molecule has 1 heterocycles. The number of nitro groups is 1. The van der Waals surface area contributed by atoms with Gasteiger partial charge in [-0.2, -0.15) is 0 Å². The summed E-state index contributed by atoms with van der Waals surface area (Å²) in [6.45, 7) is 0.977. The van der Waals surface area contributed by atoms with E-state index in [1.54, 1.807) is 36.4 Å². The molecule has 0 aliphatic carbocycles. The summed E-state index contributed by atoms with van der Waals surface area (Å²) < 4.78 is 18.8. The Morgan fingerprint density at radius 1 is 1.15 bits per heavy atom. The summed E-state index contributed by atoms with van der Waals surface area (Å²) in [6, 6.07) is 12.8. The first-order valence-corrected chi connectivity index (χ1v) is 8.44. The largest absolute Gasteiger partial charge is 0.460 e. The fourth-order valence-corrected chi connectivity index (χ4v) is 3.12. The van der Waals surface area contributed by atoms with Crippen LogP contribution >= 0.6 is 0 Å². The van der Waals surface area contributed by atoms with Gasteiger partial charge in [0, 0.05) is 24.7 Å². The zero-order valence-corrected chi connectivity index (χ0v) is 14.1. The molecule has 0 amide bonds. The van der Waals surface area contributed by atoms with Gasteiger partial charge in [-0.1, -0.05) is 30.3 Å². The average molecular weight is 358 g/mol. The van der Waals surface area contributed by atoms with E-state index in [1.807, 2.05) is 4.90 Å². The molecule has 1 aliphatic rings. The molecule has 0 saturated carbocycles. The standard InChI is InChI=1S/C19H19FN2O4/c20-16-6-2-1-5-15(16)13-26-19(23)14-9-11-21(12-10-14)17-7-3-4-8-18(17)22(24)25/h1-8,14H,9-13H2. The molecule has 26 heavy (non-hydrogen) atoms. The number of rotatable bonds is 5. The van der Waals surface area contributed by atoms with E-state index in [1.165, 1.54) is 12.1 Å². The first-order chi connectivity index (χ1) is 12.6. The van der Waals surface area contributed by atoms with Crippen LogP contribution in [-0.4, -0.2) is 24.0 Å². The van der Waals surface area contributed by atoms with Gasteiger partial charge in [-0.25, -0.2) is 4.39 Å². The van der Waals surface area contributed by atoms with Gasteiger partial charge in [0.15, 0.2) is 0 Å². The van der Waals surface area contributed by atoms with Crippen molar-refractivity contribution >= 4 is 17.3 Å². The molecule has 1 fully saturated rings. The monoisotopic (exact) mass is 358 g/mol. The predicted octanol–water partition coefficient (Wildman–Crippen LogP) is 3.69. The Bertz CT molecular complexity index is 804. The Labute approximate surface area is 150 Å². The van der Waals surface area contributed by atoms with Gasteiger partial charge in [-0.15, -0.1) is 0 Å². The van der Waals surface area contributed by atoms with Crippen LogP contribution in [0.3, 0.4) is 0 Å². The summed E-state index contributed by atoms with van der Waals surface area (Å²) in [5, 5.41) is 11.2. The number of carbonyl (C=O) groups excluding carboxylic acids is 1. The molecule has 0 aromatic heterocycles. The third-order valence-electron chi connectivity index (χ3n) is 4.58. The van der Waals surface area contributed by atoms with E-state index in [9.17, 15) is 19.3 Å². The highest BCUT2D eigenvalue weighted by Crippen LogP contribution is 2.31. The zero-order chi connectivity index (χ0) is 18.5. The second-order valence-electron chi connectivity index (χ2n) is 6.21. The van der Waals surface area contributed by atoms with E-state index in [4.69, 9.17) is 4.74 Å². The number of carbonyl (C=O) groups is 1. The second-order valence-corrected chi connectivity index (χ2v) is 6.21. The fourth-order valence-electron chi connectivity index (χ4n) is 3.12. The lowest BCUT2D eigenvalue weighted by molar-refractivity contribution is -0.384. The molecule has 0 N–H and O–H groups in total. The number of hydrogen-bond donors (Lipinski definition) is 0. The van der Waals surface area contributed by atoms with Crippen molar-refractivity contribution in [2.24, 2.45) is 5.92 Å². The number of anilines is 1. The number of nitro benzene ring substituents is 1. The van der Waals surface area contributed by atoms with Crippen LogP contribution in [0.25, 0.3) is 0 Å². The minimum absolute atomic E-state index is 0.0630. The van der Waals surface area contributed by atoms with Crippen LogP contribution in [0.1, 0.15) is 18.4 Å². The van der Waals surface area contributed by atoms with E-state index in [0.29, 0.717) is 37.2 Å². The number of halogens is 1. The van der Waals surface area contributed by atoms with Crippen LogP contribution in [0.2, 0.25) is 0 Å². The van der Waals surface area contributed by atoms with Crippen LogP contribution in [0.5, 0.6) is 0 Å². The molecule has 0 unspecified atom stereocenters. The molecule has 3 rings (SSSR count). The molecule has 2 aromatic rings. The van der Waals surface area contributed by atoms with Crippen molar-refractivity contribution in [1.82, 2.24) is 0 Å². The Hall–Kier alpha value is -2.96. The van der Waals surface area contributed by atoms with Crippen molar-refractivity contribution in [3.05, 3.63) is 70.0 Å². The number of ether oxygens (including phenoxy) is 1. The number of esters is 1. The quantitative estimate of drug-likeness (QED) is 0.463. The van der Waals surface area contributed by atoms with Crippen LogP contribution < -0.4 is 4.90 Å². The van der Waals surface area contributed by atoms with E-state index in [2.05, 4.69) is 0 Å². The Morgan fingerprint density at radius 2 is 1.81 bits per heavy atom. The molecular formula is C19H19FN2O4. The molecule has 0 spiro atoms. The van der Waals surface area contributed by atoms with Crippen molar-refractivity contribution in [3.63, 3.8) is 0 Å². The second kappa shape index (κ2) is 7.95. The molecule has 0 radical (unpaired) electrons. The van der Waals surface area contributed by atoms with Crippen molar-refractivity contribution in [1.29, 1.82) is 0 Å². The van der Waals surface area contributed by atoms with Gasteiger partial charge in [0.2, 0.25) is 0 Å². The van der Waals surface area contributed by atoms with Gasteiger partial charge < -0.3 is 9.64 Å². The lowest BCUT2D eigenvalue weighted by Gasteiger charge is -2.32. The summed E-state index contributed by atoms with van der Waals surface area (Å²) in [6.07, 6.45) is 1.09.